The van der Waals surface area contributed by atoms with E-state index in [-0.39, 0.29) is 24.7 Å². The fourth-order valence-corrected chi connectivity index (χ4v) is 2.41. The van der Waals surface area contributed by atoms with Crippen LogP contribution in [0.15, 0.2) is 12.4 Å². The van der Waals surface area contributed by atoms with Gasteiger partial charge in [0.2, 0.25) is 5.91 Å². The number of nitrogens with zero attached hydrogens (tertiary/aromatic N) is 3. The number of morpholine rings is 1. The van der Waals surface area contributed by atoms with E-state index in [1.807, 2.05) is 13.8 Å². The van der Waals surface area contributed by atoms with E-state index in [2.05, 4.69) is 10.4 Å². The molecular weight excluding hydrogens is 303 g/mol. The molecule has 0 spiro atoms. The monoisotopic (exact) mass is 326 g/mol. The van der Waals surface area contributed by atoms with Crippen molar-refractivity contribution >= 4 is 17.5 Å². The second-order valence-corrected chi connectivity index (χ2v) is 6.41. The standard InChI is InChI=1S/C15H23FN4O3/c1-10-6-19(7-11(2)23-10)13(21)9-20-8-12(5-17-20)18-14(22)15(3,4)16/h5,8,10-11H,6-7,9H2,1-4H3,(H,18,22)/t10-,11+. The van der Waals surface area contributed by atoms with E-state index in [1.165, 1.54) is 30.9 Å². The third-order valence-corrected chi connectivity index (χ3v) is 3.50. The van der Waals surface area contributed by atoms with Crippen molar-refractivity contribution in [3.8, 4) is 0 Å². The number of hydrogen-bond donors (Lipinski definition) is 1. The predicted octanol–water partition coefficient (Wildman–Crippen LogP) is 1.21. The number of hydrogen-bond acceptors (Lipinski definition) is 4. The van der Waals surface area contributed by atoms with Crippen LogP contribution in [0.3, 0.4) is 0 Å². The summed E-state index contributed by atoms with van der Waals surface area (Å²) in [6.45, 7) is 7.36. The maximum Gasteiger partial charge on any atom is 0.261 e. The molecule has 1 saturated heterocycles. The molecule has 0 bridgehead atoms. The van der Waals surface area contributed by atoms with Crippen molar-refractivity contribution in [2.45, 2.75) is 52.1 Å². The molecule has 2 atom stereocenters. The van der Waals surface area contributed by atoms with Gasteiger partial charge in [-0.25, -0.2) is 4.39 Å². The van der Waals surface area contributed by atoms with Gasteiger partial charge in [-0.15, -0.1) is 0 Å². The number of carbonyl (C=O) groups excluding carboxylic acids is 2. The molecule has 2 amide bonds. The fraction of sp³-hybridized carbons (Fsp3) is 0.667. The van der Waals surface area contributed by atoms with Crippen molar-refractivity contribution < 1.29 is 18.7 Å². The molecule has 0 aliphatic carbocycles. The maximum absolute atomic E-state index is 13.5. The molecule has 7 nitrogen and oxygen atoms in total. The van der Waals surface area contributed by atoms with Crippen molar-refractivity contribution in [1.82, 2.24) is 14.7 Å². The Morgan fingerprint density at radius 2 is 2.00 bits per heavy atom. The summed E-state index contributed by atoms with van der Waals surface area (Å²) in [6, 6.07) is 0. The van der Waals surface area contributed by atoms with Gasteiger partial charge in [-0.3, -0.25) is 14.3 Å². The van der Waals surface area contributed by atoms with Crippen LogP contribution in [0, 0.1) is 0 Å². The highest BCUT2D eigenvalue weighted by atomic mass is 19.1. The Balaban J connectivity index is 1.93. The summed E-state index contributed by atoms with van der Waals surface area (Å²) in [6.07, 6.45) is 2.90. The van der Waals surface area contributed by atoms with Crippen molar-refractivity contribution in [1.29, 1.82) is 0 Å². The minimum Gasteiger partial charge on any atom is -0.372 e. The zero-order valence-electron chi connectivity index (χ0n) is 13.9. The first-order valence-electron chi connectivity index (χ1n) is 7.61. The Kier molecular flexibility index (Phi) is 5.03. The Morgan fingerprint density at radius 1 is 1.39 bits per heavy atom. The molecule has 1 aliphatic rings. The van der Waals surface area contributed by atoms with Crippen LogP contribution >= 0.6 is 0 Å². The Labute approximate surface area is 134 Å². The first-order chi connectivity index (χ1) is 10.6. The molecule has 2 heterocycles. The van der Waals surface area contributed by atoms with Crippen molar-refractivity contribution in [3.05, 3.63) is 12.4 Å². The molecule has 0 radical (unpaired) electrons. The Morgan fingerprint density at radius 3 is 2.57 bits per heavy atom. The number of carbonyl (C=O) groups is 2. The quantitative estimate of drug-likeness (QED) is 0.902. The molecule has 128 valence electrons. The van der Waals surface area contributed by atoms with Crippen LogP contribution in [0.25, 0.3) is 0 Å². The van der Waals surface area contributed by atoms with Crippen LogP contribution in [-0.4, -0.2) is 57.5 Å². The van der Waals surface area contributed by atoms with Crippen molar-refractivity contribution in [2.75, 3.05) is 18.4 Å². The van der Waals surface area contributed by atoms with Crippen LogP contribution < -0.4 is 5.32 Å². The van der Waals surface area contributed by atoms with Crippen molar-refractivity contribution in [3.63, 3.8) is 0 Å². The van der Waals surface area contributed by atoms with Gasteiger partial charge in [0, 0.05) is 19.3 Å². The Bertz CT molecular complexity index is 572. The van der Waals surface area contributed by atoms with E-state index in [0.717, 1.165) is 0 Å². The second kappa shape index (κ2) is 6.66. The van der Waals surface area contributed by atoms with Crippen LogP contribution in [0.1, 0.15) is 27.7 Å². The predicted molar refractivity (Wildman–Crippen MR) is 82.6 cm³/mol. The lowest BCUT2D eigenvalue weighted by molar-refractivity contribution is -0.144. The molecule has 0 saturated carbocycles. The van der Waals surface area contributed by atoms with E-state index >= 15 is 0 Å². The smallest absolute Gasteiger partial charge is 0.261 e. The van der Waals surface area contributed by atoms with Gasteiger partial charge in [-0.1, -0.05) is 0 Å². The van der Waals surface area contributed by atoms with Crippen LogP contribution in [0.2, 0.25) is 0 Å². The van der Waals surface area contributed by atoms with E-state index in [9.17, 15) is 14.0 Å². The van der Waals surface area contributed by atoms with Gasteiger partial charge in [0.25, 0.3) is 5.91 Å². The Hall–Kier alpha value is -1.96. The average molecular weight is 326 g/mol. The number of ether oxygens (including phenoxy) is 1. The molecule has 1 aromatic rings. The van der Waals surface area contributed by atoms with Crippen molar-refractivity contribution in [2.24, 2.45) is 0 Å². The largest absolute Gasteiger partial charge is 0.372 e. The summed E-state index contributed by atoms with van der Waals surface area (Å²) in [5.74, 6) is -0.821. The molecule has 0 aromatic carbocycles. The highest BCUT2D eigenvalue weighted by molar-refractivity contribution is 5.96. The molecule has 2 rings (SSSR count). The molecular formula is C15H23FN4O3. The summed E-state index contributed by atoms with van der Waals surface area (Å²) in [5, 5.41) is 6.45. The van der Waals surface area contributed by atoms with Crippen LogP contribution in [-0.2, 0) is 20.9 Å². The number of anilines is 1. The summed E-state index contributed by atoms with van der Waals surface area (Å²) in [7, 11) is 0. The molecule has 1 fully saturated rings. The first-order valence-corrected chi connectivity index (χ1v) is 7.61. The minimum atomic E-state index is -1.97. The van der Waals surface area contributed by atoms with Gasteiger partial charge in [0.1, 0.15) is 6.54 Å². The van der Waals surface area contributed by atoms with E-state index < -0.39 is 11.6 Å². The third kappa shape index (κ3) is 4.75. The number of halogens is 1. The van der Waals surface area contributed by atoms with Gasteiger partial charge >= 0.3 is 0 Å². The molecule has 1 N–H and O–H groups in total. The highest BCUT2D eigenvalue weighted by Gasteiger charge is 2.28. The molecule has 8 heteroatoms. The summed E-state index contributed by atoms with van der Waals surface area (Å²) < 4.78 is 20.5. The lowest BCUT2D eigenvalue weighted by atomic mass is 10.1. The summed E-state index contributed by atoms with van der Waals surface area (Å²) in [5.41, 5.74) is -1.62. The molecule has 1 aliphatic heterocycles. The second-order valence-electron chi connectivity index (χ2n) is 6.41. The minimum absolute atomic E-state index is 0.00181. The van der Waals surface area contributed by atoms with Crippen LogP contribution in [0.5, 0.6) is 0 Å². The number of nitrogens with one attached hydrogen (secondary N) is 1. The van der Waals surface area contributed by atoms with E-state index in [4.69, 9.17) is 4.74 Å². The van der Waals surface area contributed by atoms with Gasteiger partial charge in [0.05, 0.1) is 24.1 Å². The van der Waals surface area contributed by atoms with Gasteiger partial charge in [-0.05, 0) is 27.7 Å². The molecule has 0 unspecified atom stereocenters. The fourth-order valence-electron chi connectivity index (χ4n) is 2.41. The maximum atomic E-state index is 13.5. The van der Waals surface area contributed by atoms with Gasteiger partial charge in [-0.2, -0.15) is 5.10 Å². The SMILES string of the molecule is C[C@@H]1CN(C(=O)Cn2cc(NC(=O)C(C)(C)F)cn2)C[C@H](C)O1. The van der Waals surface area contributed by atoms with Crippen LogP contribution in [0.4, 0.5) is 10.1 Å². The lowest BCUT2D eigenvalue weighted by Crippen LogP contribution is -2.49. The summed E-state index contributed by atoms with van der Waals surface area (Å²) >= 11 is 0. The highest BCUT2D eigenvalue weighted by Crippen LogP contribution is 2.14. The third-order valence-electron chi connectivity index (χ3n) is 3.50. The van der Waals surface area contributed by atoms with Gasteiger partial charge < -0.3 is 15.0 Å². The van der Waals surface area contributed by atoms with E-state index in [0.29, 0.717) is 18.8 Å². The van der Waals surface area contributed by atoms with Gasteiger partial charge in [0.15, 0.2) is 5.67 Å². The topological polar surface area (TPSA) is 76.5 Å². The first kappa shape index (κ1) is 17.4. The number of aromatic nitrogens is 2. The zero-order chi connectivity index (χ0) is 17.2. The van der Waals surface area contributed by atoms with E-state index in [1.54, 1.807) is 4.90 Å². The zero-order valence-corrected chi connectivity index (χ0v) is 13.9. The lowest BCUT2D eigenvalue weighted by Gasteiger charge is -2.35. The summed E-state index contributed by atoms with van der Waals surface area (Å²) in [4.78, 5) is 25.6. The molecule has 1 aromatic heterocycles. The number of rotatable bonds is 4. The average Bonchev–Trinajstić information content (AvgIpc) is 2.83. The number of alkyl halides is 1. The molecule has 23 heavy (non-hydrogen) atoms. The normalized spacial score (nSPS) is 22.0. The number of amides is 2.